The van der Waals surface area contributed by atoms with Gasteiger partial charge < -0.3 is 4.74 Å². The number of benzene rings is 2. The number of amides is 1. The predicted octanol–water partition coefficient (Wildman–Crippen LogP) is 3.65. The topological polar surface area (TPSA) is 29.5 Å². The van der Waals surface area contributed by atoms with Crippen LogP contribution < -0.4 is 0 Å². The average Bonchev–Trinajstić information content (AvgIpc) is 2.77. The maximum Gasteiger partial charge on any atom is 0.410 e. The van der Waals surface area contributed by atoms with Crippen LogP contribution in [0.4, 0.5) is 4.79 Å². The number of carbonyl (C=O) groups is 1. The van der Waals surface area contributed by atoms with Crippen molar-refractivity contribution in [1.29, 1.82) is 0 Å². The number of hydrogen-bond donors (Lipinski definition) is 0. The second-order valence-corrected chi connectivity index (χ2v) is 5.33. The maximum absolute atomic E-state index is 11.6. The van der Waals surface area contributed by atoms with Crippen LogP contribution in [0, 0.1) is 0 Å². The zero-order valence-corrected chi connectivity index (χ0v) is 11.7. The van der Waals surface area contributed by atoms with Gasteiger partial charge in [-0.05, 0) is 23.6 Å². The van der Waals surface area contributed by atoms with E-state index in [9.17, 15) is 4.79 Å². The molecule has 3 nitrogen and oxygen atoms in total. The van der Waals surface area contributed by atoms with Crippen molar-refractivity contribution in [3.8, 4) is 11.1 Å². The molecule has 3 heteroatoms. The molecule has 2 aromatic rings. The molecule has 1 amide bonds. The molecular weight excluding hydrogens is 250 g/mol. The molecule has 0 radical (unpaired) electrons. The van der Waals surface area contributed by atoms with E-state index in [1.807, 2.05) is 25.1 Å². The van der Waals surface area contributed by atoms with Crippen molar-refractivity contribution >= 4 is 6.09 Å². The Bertz CT molecular complexity index is 621. The number of cyclic esters (lactones) is 1. The van der Waals surface area contributed by atoms with E-state index >= 15 is 0 Å². The maximum atomic E-state index is 11.6. The lowest BCUT2D eigenvalue weighted by Crippen LogP contribution is -2.39. The molecule has 1 heterocycles. The molecule has 1 aliphatic rings. The molecule has 20 heavy (non-hydrogen) atoms. The predicted molar refractivity (Wildman–Crippen MR) is 78.3 cm³/mol. The van der Waals surface area contributed by atoms with Crippen molar-refractivity contribution in [3.63, 3.8) is 0 Å². The van der Waals surface area contributed by atoms with E-state index < -0.39 is 0 Å². The van der Waals surface area contributed by atoms with Gasteiger partial charge in [-0.25, -0.2) is 4.79 Å². The summed E-state index contributed by atoms with van der Waals surface area (Å²) >= 11 is 0. The quantitative estimate of drug-likeness (QED) is 0.831. The van der Waals surface area contributed by atoms with E-state index in [0.717, 1.165) is 5.56 Å². The monoisotopic (exact) mass is 267 g/mol. The molecule has 3 rings (SSSR count). The van der Waals surface area contributed by atoms with Crippen LogP contribution in [0.3, 0.4) is 0 Å². The lowest BCUT2D eigenvalue weighted by atomic mass is 9.91. The molecule has 0 saturated carbocycles. The summed E-state index contributed by atoms with van der Waals surface area (Å²) in [5, 5.41) is 0. The standard InChI is InChI=1S/C17H17NO2/c1-17(12-20-16(19)18(17)2)15-10-8-14(9-11-15)13-6-4-3-5-7-13/h3-11H,12H2,1-2H3. The van der Waals surface area contributed by atoms with Gasteiger partial charge in [0.25, 0.3) is 0 Å². The molecule has 0 bridgehead atoms. The van der Waals surface area contributed by atoms with Gasteiger partial charge in [0.15, 0.2) is 0 Å². The minimum atomic E-state index is -0.383. The molecule has 2 aromatic carbocycles. The lowest BCUT2D eigenvalue weighted by molar-refractivity contribution is 0.162. The Morgan fingerprint density at radius 1 is 1.00 bits per heavy atom. The van der Waals surface area contributed by atoms with E-state index in [-0.39, 0.29) is 11.6 Å². The first-order valence-corrected chi connectivity index (χ1v) is 6.68. The van der Waals surface area contributed by atoms with Crippen LogP contribution >= 0.6 is 0 Å². The third-order valence-corrected chi connectivity index (χ3v) is 4.10. The Morgan fingerprint density at radius 2 is 1.60 bits per heavy atom. The molecule has 0 aliphatic carbocycles. The summed E-state index contributed by atoms with van der Waals surface area (Å²) in [5.41, 5.74) is 3.07. The fourth-order valence-corrected chi connectivity index (χ4v) is 2.53. The van der Waals surface area contributed by atoms with Crippen LogP contribution in [0.15, 0.2) is 54.6 Å². The molecule has 0 aromatic heterocycles. The highest BCUT2D eigenvalue weighted by atomic mass is 16.6. The lowest BCUT2D eigenvalue weighted by Gasteiger charge is -2.29. The van der Waals surface area contributed by atoms with Gasteiger partial charge >= 0.3 is 6.09 Å². The Balaban J connectivity index is 1.93. The van der Waals surface area contributed by atoms with E-state index in [0.29, 0.717) is 6.61 Å². The van der Waals surface area contributed by atoms with E-state index in [4.69, 9.17) is 4.74 Å². The van der Waals surface area contributed by atoms with Crippen LogP contribution in [-0.2, 0) is 10.3 Å². The van der Waals surface area contributed by atoms with E-state index in [1.165, 1.54) is 11.1 Å². The summed E-state index contributed by atoms with van der Waals surface area (Å²) in [4.78, 5) is 13.2. The SMILES string of the molecule is CN1C(=O)OCC1(C)c1ccc(-c2ccccc2)cc1. The smallest absolute Gasteiger partial charge is 0.410 e. The fourth-order valence-electron chi connectivity index (χ4n) is 2.53. The number of rotatable bonds is 2. The number of carbonyl (C=O) groups excluding carboxylic acids is 1. The first-order chi connectivity index (χ1) is 9.61. The van der Waals surface area contributed by atoms with Gasteiger partial charge in [-0.2, -0.15) is 0 Å². The first-order valence-electron chi connectivity index (χ1n) is 6.68. The van der Waals surface area contributed by atoms with Gasteiger partial charge in [0, 0.05) is 7.05 Å². The molecule has 1 aliphatic heterocycles. The largest absolute Gasteiger partial charge is 0.447 e. The molecule has 1 saturated heterocycles. The summed E-state index contributed by atoms with van der Waals surface area (Å²) in [6.07, 6.45) is -0.264. The normalized spacial score (nSPS) is 21.9. The van der Waals surface area contributed by atoms with Gasteiger partial charge in [0.05, 0.1) is 0 Å². The van der Waals surface area contributed by atoms with Crippen molar-refractivity contribution in [2.24, 2.45) is 0 Å². The van der Waals surface area contributed by atoms with Crippen LogP contribution in [-0.4, -0.2) is 24.6 Å². The summed E-state index contributed by atoms with van der Waals surface area (Å²) < 4.78 is 5.14. The Hall–Kier alpha value is -2.29. The third kappa shape index (κ3) is 1.95. The van der Waals surface area contributed by atoms with E-state index in [2.05, 4.69) is 36.4 Å². The van der Waals surface area contributed by atoms with Gasteiger partial charge in [-0.3, -0.25) is 4.90 Å². The Morgan fingerprint density at radius 3 is 2.15 bits per heavy atom. The third-order valence-electron chi connectivity index (χ3n) is 4.10. The second-order valence-electron chi connectivity index (χ2n) is 5.33. The van der Waals surface area contributed by atoms with Crippen LogP contribution in [0.5, 0.6) is 0 Å². The van der Waals surface area contributed by atoms with Crippen molar-refractivity contribution in [3.05, 3.63) is 60.2 Å². The Kier molecular flexibility index (Phi) is 2.97. The number of ether oxygens (including phenoxy) is 1. The molecule has 1 unspecified atom stereocenters. The summed E-state index contributed by atoms with van der Waals surface area (Å²) in [6.45, 7) is 2.42. The fraction of sp³-hybridized carbons (Fsp3) is 0.235. The highest BCUT2D eigenvalue weighted by Crippen LogP contribution is 2.34. The van der Waals surface area contributed by atoms with E-state index in [1.54, 1.807) is 11.9 Å². The molecule has 0 N–H and O–H groups in total. The van der Waals surface area contributed by atoms with Crippen LogP contribution in [0.2, 0.25) is 0 Å². The van der Waals surface area contributed by atoms with Crippen molar-refractivity contribution in [2.75, 3.05) is 13.7 Å². The molecular formula is C17H17NO2. The molecule has 1 fully saturated rings. The summed E-state index contributed by atoms with van der Waals surface area (Å²) in [6, 6.07) is 18.6. The van der Waals surface area contributed by atoms with Gasteiger partial charge in [-0.1, -0.05) is 54.6 Å². The van der Waals surface area contributed by atoms with Crippen molar-refractivity contribution in [1.82, 2.24) is 4.90 Å². The number of nitrogens with zero attached hydrogens (tertiary/aromatic N) is 1. The minimum absolute atomic E-state index is 0.264. The van der Waals surface area contributed by atoms with Gasteiger partial charge in [-0.15, -0.1) is 0 Å². The van der Waals surface area contributed by atoms with Crippen LogP contribution in [0.1, 0.15) is 12.5 Å². The highest BCUT2D eigenvalue weighted by Gasteiger charge is 2.42. The molecule has 0 spiro atoms. The summed E-state index contributed by atoms with van der Waals surface area (Å²) in [7, 11) is 1.78. The molecule has 1 atom stereocenters. The van der Waals surface area contributed by atoms with Gasteiger partial charge in [0.1, 0.15) is 12.1 Å². The molecule has 102 valence electrons. The zero-order valence-electron chi connectivity index (χ0n) is 11.7. The second kappa shape index (κ2) is 4.67. The van der Waals surface area contributed by atoms with Crippen molar-refractivity contribution in [2.45, 2.75) is 12.5 Å². The van der Waals surface area contributed by atoms with Crippen LogP contribution in [0.25, 0.3) is 11.1 Å². The highest BCUT2D eigenvalue weighted by molar-refractivity contribution is 5.71. The number of likely N-dealkylation sites (N-methyl/N-ethyl adjacent to an activating group) is 1. The van der Waals surface area contributed by atoms with Crippen molar-refractivity contribution < 1.29 is 9.53 Å². The first kappa shape index (κ1) is 12.7. The number of hydrogen-bond acceptors (Lipinski definition) is 2. The minimum Gasteiger partial charge on any atom is -0.447 e. The van der Waals surface area contributed by atoms with Gasteiger partial charge in [0.2, 0.25) is 0 Å². The summed E-state index contributed by atoms with van der Waals surface area (Å²) in [5.74, 6) is 0. The Labute approximate surface area is 118 Å². The zero-order chi connectivity index (χ0) is 14.2. The average molecular weight is 267 g/mol.